The van der Waals surface area contributed by atoms with Crippen LogP contribution in [0.1, 0.15) is 21.0 Å². The average Bonchev–Trinajstić information content (AvgIpc) is 2.65. The molecule has 6 heteroatoms. The SMILES string of the molecule is NNC(=O)c1ccc(CN2CCCSCC2)s1. The highest BCUT2D eigenvalue weighted by molar-refractivity contribution is 7.99. The number of nitrogen functional groups attached to an aromatic ring is 1. The molecule has 1 fully saturated rings. The number of hydrogen-bond donors (Lipinski definition) is 2. The third kappa shape index (κ3) is 3.70. The van der Waals surface area contributed by atoms with Crippen LogP contribution in [0.3, 0.4) is 0 Å². The second kappa shape index (κ2) is 6.39. The van der Waals surface area contributed by atoms with Crippen molar-refractivity contribution in [1.82, 2.24) is 10.3 Å². The van der Waals surface area contributed by atoms with E-state index in [9.17, 15) is 4.79 Å². The summed E-state index contributed by atoms with van der Waals surface area (Å²) in [6.45, 7) is 3.24. The summed E-state index contributed by atoms with van der Waals surface area (Å²) in [5.41, 5.74) is 2.16. The summed E-state index contributed by atoms with van der Waals surface area (Å²) >= 11 is 3.55. The highest BCUT2D eigenvalue weighted by atomic mass is 32.2. The second-order valence-electron chi connectivity index (χ2n) is 3.98. The zero-order valence-electron chi connectivity index (χ0n) is 9.65. The van der Waals surface area contributed by atoms with Crippen molar-refractivity contribution >= 4 is 29.0 Å². The molecule has 0 aliphatic carbocycles. The zero-order chi connectivity index (χ0) is 12.1. The lowest BCUT2D eigenvalue weighted by atomic mass is 10.3. The third-order valence-corrected chi connectivity index (χ3v) is 4.83. The van der Waals surface area contributed by atoms with E-state index < -0.39 is 0 Å². The van der Waals surface area contributed by atoms with Crippen LogP contribution in [-0.4, -0.2) is 35.4 Å². The third-order valence-electron chi connectivity index (χ3n) is 2.71. The minimum Gasteiger partial charge on any atom is -0.297 e. The summed E-state index contributed by atoms with van der Waals surface area (Å²) in [6, 6.07) is 3.86. The zero-order valence-corrected chi connectivity index (χ0v) is 11.3. The summed E-state index contributed by atoms with van der Waals surface area (Å²) in [4.78, 5) is 15.7. The Morgan fingerprint density at radius 3 is 3.12 bits per heavy atom. The standard InChI is InChI=1S/C11H17N3OS2/c12-13-11(15)10-3-2-9(17-10)8-14-4-1-6-16-7-5-14/h2-3H,1,4-8,12H2,(H,13,15). The molecule has 1 amide bonds. The van der Waals surface area contributed by atoms with Crippen LogP contribution in [0.4, 0.5) is 0 Å². The summed E-state index contributed by atoms with van der Waals surface area (Å²) in [7, 11) is 0. The maximum absolute atomic E-state index is 11.3. The summed E-state index contributed by atoms with van der Waals surface area (Å²) < 4.78 is 0. The lowest BCUT2D eigenvalue weighted by molar-refractivity contribution is 0.0957. The van der Waals surface area contributed by atoms with Crippen LogP contribution in [0, 0.1) is 0 Å². The van der Waals surface area contributed by atoms with Crippen LogP contribution >= 0.6 is 23.1 Å². The number of carbonyl (C=O) groups is 1. The van der Waals surface area contributed by atoms with Gasteiger partial charge < -0.3 is 0 Å². The molecule has 0 radical (unpaired) electrons. The predicted octanol–water partition coefficient (Wildman–Crippen LogP) is 1.29. The number of rotatable bonds is 3. The lowest BCUT2D eigenvalue weighted by Gasteiger charge is -2.17. The molecule has 0 spiro atoms. The Morgan fingerprint density at radius 2 is 2.29 bits per heavy atom. The molecule has 0 unspecified atom stereocenters. The van der Waals surface area contributed by atoms with Crippen molar-refractivity contribution in [2.45, 2.75) is 13.0 Å². The number of thiophene rings is 1. The van der Waals surface area contributed by atoms with Gasteiger partial charge in [0.25, 0.3) is 5.91 Å². The van der Waals surface area contributed by atoms with E-state index in [1.165, 1.54) is 34.1 Å². The van der Waals surface area contributed by atoms with Gasteiger partial charge in [0, 0.05) is 23.7 Å². The number of hydrogen-bond acceptors (Lipinski definition) is 5. The van der Waals surface area contributed by atoms with Crippen molar-refractivity contribution in [3.63, 3.8) is 0 Å². The highest BCUT2D eigenvalue weighted by Crippen LogP contribution is 2.20. The van der Waals surface area contributed by atoms with Gasteiger partial charge in [0.1, 0.15) is 0 Å². The van der Waals surface area contributed by atoms with E-state index in [0.717, 1.165) is 19.6 Å². The van der Waals surface area contributed by atoms with Crippen LogP contribution in [-0.2, 0) is 6.54 Å². The lowest BCUT2D eigenvalue weighted by Crippen LogP contribution is -2.29. The van der Waals surface area contributed by atoms with Crippen molar-refractivity contribution in [1.29, 1.82) is 0 Å². The minimum atomic E-state index is -0.201. The average molecular weight is 271 g/mol. The summed E-state index contributed by atoms with van der Waals surface area (Å²) in [5, 5.41) is 0. The number of carbonyl (C=O) groups excluding carboxylic acids is 1. The van der Waals surface area contributed by atoms with E-state index in [0.29, 0.717) is 4.88 Å². The Labute approximate surface area is 110 Å². The van der Waals surface area contributed by atoms with Gasteiger partial charge in [-0.05, 0) is 30.9 Å². The van der Waals surface area contributed by atoms with Gasteiger partial charge in [-0.15, -0.1) is 11.3 Å². The smallest absolute Gasteiger partial charge is 0.275 e. The largest absolute Gasteiger partial charge is 0.297 e. The first kappa shape index (κ1) is 12.9. The second-order valence-corrected chi connectivity index (χ2v) is 6.37. The molecule has 1 aliphatic rings. The fourth-order valence-electron chi connectivity index (χ4n) is 1.83. The van der Waals surface area contributed by atoms with Crippen molar-refractivity contribution < 1.29 is 4.79 Å². The van der Waals surface area contributed by atoms with Crippen LogP contribution in [0.5, 0.6) is 0 Å². The van der Waals surface area contributed by atoms with E-state index >= 15 is 0 Å². The monoisotopic (exact) mass is 271 g/mol. The number of nitrogens with one attached hydrogen (secondary N) is 1. The molecule has 0 aromatic carbocycles. The molecule has 0 bridgehead atoms. The fourth-order valence-corrected chi connectivity index (χ4v) is 3.71. The molecule has 2 heterocycles. The van der Waals surface area contributed by atoms with E-state index in [4.69, 9.17) is 5.84 Å². The molecular formula is C11H17N3OS2. The van der Waals surface area contributed by atoms with Crippen molar-refractivity contribution in [2.75, 3.05) is 24.6 Å². The molecule has 4 nitrogen and oxygen atoms in total. The summed E-state index contributed by atoms with van der Waals surface area (Å²) in [5.74, 6) is 7.39. The minimum absolute atomic E-state index is 0.201. The van der Waals surface area contributed by atoms with Crippen LogP contribution < -0.4 is 11.3 Å². The molecule has 94 valence electrons. The van der Waals surface area contributed by atoms with Crippen molar-refractivity contribution in [3.8, 4) is 0 Å². The van der Waals surface area contributed by atoms with E-state index in [2.05, 4.69) is 10.3 Å². The van der Waals surface area contributed by atoms with Gasteiger partial charge in [0.2, 0.25) is 0 Å². The Balaban J connectivity index is 1.93. The Kier molecular flexibility index (Phi) is 4.85. The number of amides is 1. The maximum Gasteiger partial charge on any atom is 0.275 e. The quantitative estimate of drug-likeness (QED) is 0.494. The van der Waals surface area contributed by atoms with Gasteiger partial charge in [-0.3, -0.25) is 15.1 Å². The number of hydrazine groups is 1. The van der Waals surface area contributed by atoms with Gasteiger partial charge >= 0.3 is 0 Å². The van der Waals surface area contributed by atoms with Crippen molar-refractivity contribution in [3.05, 3.63) is 21.9 Å². The van der Waals surface area contributed by atoms with E-state index in [1.807, 2.05) is 23.9 Å². The maximum atomic E-state index is 11.3. The van der Waals surface area contributed by atoms with Gasteiger partial charge in [-0.2, -0.15) is 11.8 Å². The van der Waals surface area contributed by atoms with Crippen LogP contribution in [0.15, 0.2) is 12.1 Å². The molecule has 1 aliphatic heterocycles. The molecule has 3 N–H and O–H groups in total. The Hall–Kier alpha value is -0.560. The van der Waals surface area contributed by atoms with Gasteiger partial charge in [0.15, 0.2) is 0 Å². The Morgan fingerprint density at radius 1 is 1.41 bits per heavy atom. The number of nitrogens with two attached hydrogens (primary N) is 1. The fraction of sp³-hybridized carbons (Fsp3) is 0.545. The van der Waals surface area contributed by atoms with Crippen molar-refractivity contribution in [2.24, 2.45) is 5.84 Å². The predicted molar refractivity (Wildman–Crippen MR) is 73.2 cm³/mol. The molecule has 1 aromatic heterocycles. The number of thioether (sulfide) groups is 1. The molecule has 0 saturated carbocycles. The molecule has 0 atom stereocenters. The van der Waals surface area contributed by atoms with E-state index in [-0.39, 0.29) is 5.91 Å². The molecular weight excluding hydrogens is 254 g/mol. The topological polar surface area (TPSA) is 58.4 Å². The van der Waals surface area contributed by atoms with E-state index in [1.54, 1.807) is 0 Å². The normalized spacial score (nSPS) is 17.7. The first-order valence-electron chi connectivity index (χ1n) is 5.69. The highest BCUT2D eigenvalue weighted by Gasteiger charge is 2.12. The molecule has 17 heavy (non-hydrogen) atoms. The van der Waals surface area contributed by atoms with Gasteiger partial charge in [0.05, 0.1) is 4.88 Å². The Bertz CT molecular complexity index is 373. The van der Waals surface area contributed by atoms with Gasteiger partial charge in [-0.25, -0.2) is 5.84 Å². The first-order chi connectivity index (χ1) is 8.29. The summed E-state index contributed by atoms with van der Waals surface area (Å²) in [6.07, 6.45) is 1.26. The van der Waals surface area contributed by atoms with Crippen LogP contribution in [0.2, 0.25) is 0 Å². The molecule has 1 saturated heterocycles. The van der Waals surface area contributed by atoms with Gasteiger partial charge in [-0.1, -0.05) is 0 Å². The van der Waals surface area contributed by atoms with Crippen LogP contribution in [0.25, 0.3) is 0 Å². The molecule has 2 rings (SSSR count). The molecule has 1 aromatic rings. The first-order valence-corrected chi connectivity index (χ1v) is 7.66. The number of nitrogens with zero attached hydrogens (tertiary/aromatic N) is 1.